The molecular weight excluding hydrogens is 288 g/mol. The van der Waals surface area contributed by atoms with Crippen molar-refractivity contribution in [2.24, 2.45) is 0 Å². The molecule has 0 saturated carbocycles. The standard InChI is InChI=1S/C19H23N2O2/c1-4-20(5-2)19(22)21-14-12-17(13-15-21)7-6-16-8-10-18(23-3)11-9-16/h6-15H,4-5H2,1-3H3/q+1. The lowest BCUT2D eigenvalue weighted by molar-refractivity contribution is -0.578. The highest BCUT2D eigenvalue weighted by atomic mass is 16.5. The number of ether oxygens (including phenoxy) is 1. The molecule has 0 aliphatic heterocycles. The lowest BCUT2D eigenvalue weighted by Crippen LogP contribution is -2.51. The van der Waals surface area contributed by atoms with Crippen LogP contribution in [0.5, 0.6) is 5.75 Å². The van der Waals surface area contributed by atoms with Gasteiger partial charge in [0.2, 0.25) is 0 Å². The molecule has 0 bridgehead atoms. The van der Waals surface area contributed by atoms with Gasteiger partial charge in [-0.15, -0.1) is 0 Å². The first kappa shape index (κ1) is 16.7. The summed E-state index contributed by atoms with van der Waals surface area (Å²) in [6.07, 6.45) is 7.65. The number of methoxy groups -OCH3 is 1. The molecule has 4 nitrogen and oxygen atoms in total. The van der Waals surface area contributed by atoms with Crippen LogP contribution in [0.1, 0.15) is 25.0 Å². The number of rotatable bonds is 5. The number of aromatic nitrogens is 1. The average molecular weight is 311 g/mol. The summed E-state index contributed by atoms with van der Waals surface area (Å²) < 4.78 is 6.75. The number of benzene rings is 1. The number of carbonyl (C=O) groups excluding carboxylic acids is 1. The molecule has 4 heteroatoms. The summed E-state index contributed by atoms with van der Waals surface area (Å²) in [5, 5.41) is 0. The number of amides is 1. The minimum Gasteiger partial charge on any atom is -0.497 e. The van der Waals surface area contributed by atoms with E-state index in [9.17, 15) is 4.79 Å². The van der Waals surface area contributed by atoms with Crippen LogP contribution >= 0.6 is 0 Å². The van der Waals surface area contributed by atoms with Crippen molar-refractivity contribution in [2.75, 3.05) is 20.2 Å². The number of carbonyl (C=O) groups is 1. The van der Waals surface area contributed by atoms with Crippen LogP contribution in [0, 0.1) is 0 Å². The van der Waals surface area contributed by atoms with Gasteiger partial charge in [-0.3, -0.25) is 0 Å². The van der Waals surface area contributed by atoms with Crippen molar-refractivity contribution in [1.29, 1.82) is 0 Å². The second-order valence-electron chi connectivity index (χ2n) is 5.10. The third-order valence-electron chi connectivity index (χ3n) is 3.69. The van der Waals surface area contributed by atoms with Crippen LogP contribution in [0.25, 0.3) is 12.2 Å². The molecule has 1 aromatic carbocycles. The maximum Gasteiger partial charge on any atom is 0.497 e. The van der Waals surface area contributed by atoms with Gasteiger partial charge in [-0.1, -0.05) is 24.3 Å². The van der Waals surface area contributed by atoms with Gasteiger partial charge in [0, 0.05) is 0 Å². The smallest absolute Gasteiger partial charge is 0.497 e. The molecule has 120 valence electrons. The maximum atomic E-state index is 12.2. The summed E-state index contributed by atoms with van der Waals surface area (Å²) in [4.78, 5) is 14.0. The SMILES string of the molecule is CCN(CC)C(=O)[n+]1ccc(C=Cc2ccc(OC)cc2)cc1. The van der Waals surface area contributed by atoms with E-state index >= 15 is 0 Å². The Hall–Kier alpha value is -2.62. The van der Waals surface area contributed by atoms with Gasteiger partial charge in [0.15, 0.2) is 0 Å². The first-order valence-electron chi connectivity index (χ1n) is 7.80. The predicted molar refractivity (Wildman–Crippen MR) is 92.3 cm³/mol. The Kier molecular flexibility index (Phi) is 5.92. The monoisotopic (exact) mass is 311 g/mol. The quantitative estimate of drug-likeness (QED) is 0.792. The van der Waals surface area contributed by atoms with Crippen molar-refractivity contribution in [1.82, 2.24) is 4.90 Å². The minimum absolute atomic E-state index is 0.000633. The first-order chi connectivity index (χ1) is 11.2. The Balaban J connectivity index is 2.07. The maximum absolute atomic E-state index is 12.2. The van der Waals surface area contributed by atoms with E-state index in [1.807, 2.05) is 62.4 Å². The summed E-state index contributed by atoms with van der Waals surface area (Å²) in [6.45, 7) is 5.38. The molecule has 0 radical (unpaired) electrons. The molecule has 23 heavy (non-hydrogen) atoms. The summed E-state index contributed by atoms with van der Waals surface area (Å²) in [7, 11) is 1.66. The largest absolute Gasteiger partial charge is 0.497 e. The normalized spacial score (nSPS) is 10.7. The fraction of sp³-hybridized carbons (Fsp3) is 0.263. The van der Waals surface area contributed by atoms with Gasteiger partial charge in [-0.2, -0.15) is 9.36 Å². The second-order valence-corrected chi connectivity index (χ2v) is 5.10. The molecule has 0 N–H and O–H groups in total. The van der Waals surface area contributed by atoms with E-state index in [-0.39, 0.29) is 6.03 Å². The molecule has 0 aliphatic rings. The van der Waals surface area contributed by atoms with Crippen LogP contribution in [0.2, 0.25) is 0 Å². The van der Waals surface area contributed by atoms with Gasteiger partial charge < -0.3 is 4.74 Å². The van der Waals surface area contributed by atoms with Crippen LogP contribution < -0.4 is 9.30 Å². The first-order valence-corrected chi connectivity index (χ1v) is 7.80. The minimum atomic E-state index is 0.000633. The molecule has 1 heterocycles. The Morgan fingerprint density at radius 3 is 2.00 bits per heavy atom. The van der Waals surface area contributed by atoms with Gasteiger partial charge in [0.05, 0.1) is 32.6 Å². The van der Waals surface area contributed by atoms with Gasteiger partial charge in [-0.25, -0.2) is 4.90 Å². The summed E-state index contributed by atoms with van der Waals surface area (Å²) in [5.74, 6) is 0.845. The zero-order valence-electron chi connectivity index (χ0n) is 13.9. The molecular formula is C19H23N2O2+. The number of pyridine rings is 1. The predicted octanol–water partition coefficient (Wildman–Crippen LogP) is 3.46. The fourth-order valence-electron chi connectivity index (χ4n) is 2.24. The van der Waals surface area contributed by atoms with Gasteiger partial charge in [0.25, 0.3) is 0 Å². The highest BCUT2D eigenvalue weighted by molar-refractivity contribution is 5.70. The average Bonchev–Trinajstić information content (AvgIpc) is 2.61. The van der Waals surface area contributed by atoms with Crippen molar-refractivity contribution in [2.45, 2.75) is 13.8 Å². The van der Waals surface area contributed by atoms with Crippen LogP contribution in [-0.2, 0) is 0 Å². The van der Waals surface area contributed by atoms with E-state index < -0.39 is 0 Å². The third-order valence-corrected chi connectivity index (χ3v) is 3.69. The van der Waals surface area contributed by atoms with E-state index in [4.69, 9.17) is 4.74 Å². The Morgan fingerprint density at radius 2 is 1.52 bits per heavy atom. The summed E-state index contributed by atoms with van der Waals surface area (Å²) in [6, 6.07) is 11.7. The van der Waals surface area contributed by atoms with E-state index in [1.54, 1.807) is 29.0 Å². The van der Waals surface area contributed by atoms with E-state index in [2.05, 4.69) is 0 Å². The number of nitrogens with zero attached hydrogens (tertiary/aromatic N) is 2. The molecule has 2 rings (SSSR count). The van der Waals surface area contributed by atoms with Crippen molar-refractivity contribution < 1.29 is 14.1 Å². The Morgan fingerprint density at radius 1 is 1.00 bits per heavy atom. The van der Waals surface area contributed by atoms with Gasteiger partial charge in [0.1, 0.15) is 5.75 Å². The van der Waals surface area contributed by atoms with Crippen molar-refractivity contribution in [3.8, 4) is 5.75 Å². The summed E-state index contributed by atoms with van der Waals surface area (Å²) >= 11 is 0. The molecule has 0 aliphatic carbocycles. The van der Waals surface area contributed by atoms with E-state index in [0.29, 0.717) is 13.1 Å². The highest BCUT2D eigenvalue weighted by Crippen LogP contribution is 2.13. The molecule has 0 fully saturated rings. The lowest BCUT2D eigenvalue weighted by Gasteiger charge is -2.10. The Labute approximate surface area is 137 Å². The van der Waals surface area contributed by atoms with E-state index in [1.165, 1.54) is 0 Å². The molecule has 1 amide bonds. The third kappa shape index (κ3) is 4.42. The van der Waals surface area contributed by atoms with Crippen molar-refractivity contribution in [3.63, 3.8) is 0 Å². The number of hydrogen-bond donors (Lipinski definition) is 0. The van der Waals surface area contributed by atoms with Crippen LogP contribution in [0.3, 0.4) is 0 Å². The van der Waals surface area contributed by atoms with Crippen LogP contribution in [-0.4, -0.2) is 31.1 Å². The van der Waals surface area contributed by atoms with E-state index in [0.717, 1.165) is 16.9 Å². The van der Waals surface area contributed by atoms with Crippen molar-refractivity contribution >= 4 is 18.2 Å². The molecule has 0 spiro atoms. The second kappa shape index (κ2) is 8.13. The van der Waals surface area contributed by atoms with Crippen molar-refractivity contribution in [3.05, 3.63) is 59.9 Å². The molecule has 2 aromatic rings. The number of hydrogen-bond acceptors (Lipinski definition) is 2. The zero-order valence-corrected chi connectivity index (χ0v) is 13.9. The molecule has 0 saturated heterocycles. The highest BCUT2D eigenvalue weighted by Gasteiger charge is 2.20. The van der Waals surface area contributed by atoms with Gasteiger partial charge >= 0.3 is 6.03 Å². The molecule has 1 aromatic heterocycles. The molecule has 0 atom stereocenters. The fourth-order valence-corrected chi connectivity index (χ4v) is 2.24. The van der Waals surface area contributed by atoms with Crippen LogP contribution in [0.4, 0.5) is 4.79 Å². The van der Waals surface area contributed by atoms with Gasteiger partial charge in [-0.05, 0) is 49.2 Å². The topological polar surface area (TPSA) is 33.4 Å². The summed E-state index contributed by atoms with van der Waals surface area (Å²) in [5.41, 5.74) is 2.14. The zero-order chi connectivity index (χ0) is 16.7. The molecule has 0 unspecified atom stereocenters. The Bertz CT molecular complexity index is 657. The van der Waals surface area contributed by atoms with Crippen LogP contribution in [0.15, 0.2) is 48.8 Å². The lowest BCUT2D eigenvalue weighted by atomic mass is 10.1.